The molecule has 0 saturated heterocycles. The Hall–Kier alpha value is -0.840. The summed E-state index contributed by atoms with van der Waals surface area (Å²) in [6.45, 7) is 2.80. The minimum absolute atomic E-state index is 0.0179. The van der Waals surface area contributed by atoms with E-state index in [0.29, 0.717) is 10.5 Å². The Bertz CT molecular complexity index is 284. The molecule has 0 radical (unpaired) electrons. The van der Waals surface area contributed by atoms with E-state index < -0.39 is 0 Å². The summed E-state index contributed by atoms with van der Waals surface area (Å²) >= 11 is 3.44. The van der Waals surface area contributed by atoms with Crippen molar-refractivity contribution < 1.29 is 4.79 Å². The van der Waals surface area contributed by atoms with Crippen molar-refractivity contribution in [1.82, 2.24) is 15.1 Å². The number of amides is 1. The summed E-state index contributed by atoms with van der Waals surface area (Å²) in [5.41, 5.74) is 0.537. The highest BCUT2D eigenvalue weighted by Crippen LogP contribution is 2.05. The lowest BCUT2D eigenvalue weighted by atomic mass is 10.3. The Kier molecular flexibility index (Phi) is 4.13. The van der Waals surface area contributed by atoms with Crippen LogP contribution in [-0.2, 0) is 0 Å². The first-order chi connectivity index (χ1) is 6.61. The lowest BCUT2D eigenvalue weighted by Crippen LogP contribution is -2.29. The van der Waals surface area contributed by atoms with Gasteiger partial charge in [-0.25, -0.2) is 0 Å². The van der Waals surface area contributed by atoms with Crippen molar-refractivity contribution in [3.63, 3.8) is 0 Å². The normalized spacial score (nSPS) is 12.5. The standard InChI is InChI=1S/C9H14BrN3O/c1-7(10)4-6-13(2)9(14)8-3-5-11-12-8/h3,5,7H,4,6H2,1-2H3,(H,11,12). The van der Waals surface area contributed by atoms with Gasteiger partial charge in [0.2, 0.25) is 0 Å². The van der Waals surface area contributed by atoms with E-state index in [2.05, 4.69) is 33.1 Å². The van der Waals surface area contributed by atoms with Gasteiger partial charge in [0.25, 0.3) is 5.91 Å². The SMILES string of the molecule is CC(Br)CCN(C)C(=O)c1ccn[nH]1. The van der Waals surface area contributed by atoms with Crippen LogP contribution in [0.25, 0.3) is 0 Å². The number of hydrogen-bond donors (Lipinski definition) is 1. The van der Waals surface area contributed by atoms with E-state index in [1.165, 1.54) is 0 Å². The molecule has 14 heavy (non-hydrogen) atoms. The molecule has 0 saturated carbocycles. The van der Waals surface area contributed by atoms with Gasteiger partial charge in [0.1, 0.15) is 5.69 Å². The molecule has 1 aromatic heterocycles. The third-order valence-corrected chi connectivity index (χ3v) is 2.40. The Morgan fingerprint density at radius 3 is 3.00 bits per heavy atom. The summed E-state index contributed by atoms with van der Waals surface area (Å²) in [5, 5.41) is 6.39. The minimum atomic E-state index is -0.0179. The predicted molar refractivity (Wildman–Crippen MR) is 58.6 cm³/mol. The van der Waals surface area contributed by atoms with Crippen LogP contribution in [0.1, 0.15) is 23.8 Å². The van der Waals surface area contributed by atoms with Gasteiger partial charge < -0.3 is 4.90 Å². The van der Waals surface area contributed by atoms with Crippen molar-refractivity contribution in [2.45, 2.75) is 18.2 Å². The highest BCUT2D eigenvalue weighted by molar-refractivity contribution is 9.09. The molecule has 1 heterocycles. The molecule has 1 amide bonds. The van der Waals surface area contributed by atoms with Crippen LogP contribution in [0, 0.1) is 0 Å². The van der Waals surface area contributed by atoms with Crippen molar-refractivity contribution in [2.75, 3.05) is 13.6 Å². The molecule has 1 rings (SSSR count). The molecule has 0 aliphatic rings. The number of hydrogen-bond acceptors (Lipinski definition) is 2. The first kappa shape index (κ1) is 11.2. The zero-order chi connectivity index (χ0) is 10.6. The molecule has 0 spiro atoms. The van der Waals surface area contributed by atoms with Gasteiger partial charge in [-0.1, -0.05) is 22.9 Å². The van der Waals surface area contributed by atoms with Gasteiger partial charge in [-0.05, 0) is 12.5 Å². The zero-order valence-electron chi connectivity index (χ0n) is 8.33. The summed E-state index contributed by atoms with van der Waals surface area (Å²) in [6, 6.07) is 1.68. The maximum absolute atomic E-state index is 11.7. The van der Waals surface area contributed by atoms with Crippen LogP contribution < -0.4 is 0 Å². The summed E-state index contributed by atoms with van der Waals surface area (Å²) in [4.78, 5) is 13.8. The molecule has 78 valence electrons. The van der Waals surface area contributed by atoms with Crippen LogP contribution >= 0.6 is 15.9 Å². The smallest absolute Gasteiger partial charge is 0.271 e. The van der Waals surface area contributed by atoms with Crippen LogP contribution in [0.2, 0.25) is 0 Å². The molecule has 0 bridgehead atoms. The number of carbonyl (C=O) groups is 1. The molecule has 0 aliphatic carbocycles. The Balaban J connectivity index is 2.45. The molecule has 0 aliphatic heterocycles. The van der Waals surface area contributed by atoms with E-state index in [4.69, 9.17) is 0 Å². The van der Waals surface area contributed by atoms with Crippen molar-refractivity contribution in [3.8, 4) is 0 Å². The average Bonchev–Trinajstić information content (AvgIpc) is 2.65. The maximum Gasteiger partial charge on any atom is 0.271 e. The topological polar surface area (TPSA) is 49.0 Å². The average molecular weight is 260 g/mol. The van der Waals surface area contributed by atoms with E-state index in [0.717, 1.165) is 13.0 Å². The third kappa shape index (κ3) is 3.14. The van der Waals surface area contributed by atoms with E-state index in [9.17, 15) is 4.79 Å². The third-order valence-electron chi connectivity index (χ3n) is 1.94. The van der Waals surface area contributed by atoms with Gasteiger partial charge in [0.05, 0.1) is 0 Å². The van der Waals surface area contributed by atoms with Crippen molar-refractivity contribution >= 4 is 21.8 Å². The molecule has 4 nitrogen and oxygen atoms in total. The largest absolute Gasteiger partial charge is 0.340 e. The molecular formula is C9H14BrN3O. The van der Waals surface area contributed by atoms with E-state index in [1.807, 2.05) is 0 Å². The molecule has 1 N–H and O–H groups in total. The number of carbonyl (C=O) groups excluding carboxylic acids is 1. The summed E-state index contributed by atoms with van der Waals surface area (Å²) in [6.07, 6.45) is 2.52. The number of aromatic nitrogens is 2. The monoisotopic (exact) mass is 259 g/mol. The fourth-order valence-electron chi connectivity index (χ4n) is 1.05. The number of alkyl halides is 1. The second-order valence-corrected chi connectivity index (χ2v) is 4.83. The van der Waals surface area contributed by atoms with Gasteiger partial charge >= 0.3 is 0 Å². The Morgan fingerprint density at radius 2 is 2.50 bits per heavy atom. The van der Waals surface area contributed by atoms with E-state index >= 15 is 0 Å². The molecule has 0 aromatic carbocycles. The summed E-state index contributed by atoms with van der Waals surface area (Å²) < 4.78 is 0. The predicted octanol–water partition coefficient (Wildman–Crippen LogP) is 1.66. The Morgan fingerprint density at radius 1 is 1.79 bits per heavy atom. The molecule has 5 heteroatoms. The van der Waals surface area contributed by atoms with Crippen LogP contribution in [0.5, 0.6) is 0 Å². The summed E-state index contributed by atoms with van der Waals surface area (Å²) in [7, 11) is 1.79. The van der Waals surface area contributed by atoms with Crippen molar-refractivity contribution in [1.29, 1.82) is 0 Å². The number of H-pyrrole nitrogens is 1. The minimum Gasteiger partial charge on any atom is -0.340 e. The van der Waals surface area contributed by atoms with Crippen LogP contribution in [0.4, 0.5) is 0 Å². The maximum atomic E-state index is 11.7. The molecule has 1 unspecified atom stereocenters. The van der Waals surface area contributed by atoms with E-state index in [-0.39, 0.29) is 5.91 Å². The molecular weight excluding hydrogens is 246 g/mol. The van der Waals surface area contributed by atoms with Crippen LogP contribution in [-0.4, -0.2) is 39.4 Å². The van der Waals surface area contributed by atoms with Crippen molar-refractivity contribution in [2.24, 2.45) is 0 Å². The van der Waals surface area contributed by atoms with Crippen LogP contribution in [0.15, 0.2) is 12.3 Å². The van der Waals surface area contributed by atoms with Gasteiger partial charge in [0, 0.05) is 24.6 Å². The molecule has 0 fully saturated rings. The number of rotatable bonds is 4. The lowest BCUT2D eigenvalue weighted by molar-refractivity contribution is 0.0788. The quantitative estimate of drug-likeness (QED) is 0.837. The first-order valence-electron chi connectivity index (χ1n) is 4.50. The lowest BCUT2D eigenvalue weighted by Gasteiger charge is -2.16. The highest BCUT2D eigenvalue weighted by Gasteiger charge is 2.12. The van der Waals surface area contributed by atoms with Gasteiger partial charge in [0.15, 0.2) is 0 Å². The second kappa shape index (κ2) is 5.14. The molecule has 1 aromatic rings. The zero-order valence-corrected chi connectivity index (χ0v) is 9.91. The van der Waals surface area contributed by atoms with Crippen molar-refractivity contribution in [3.05, 3.63) is 18.0 Å². The summed E-state index contributed by atoms with van der Waals surface area (Å²) in [5.74, 6) is -0.0179. The van der Waals surface area contributed by atoms with Gasteiger partial charge in [-0.3, -0.25) is 9.89 Å². The van der Waals surface area contributed by atoms with E-state index in [1.54, 1.807) is 24.2 Å². The number of nitrogens with one attached hydrogen (secondary N) is 1. The number of aromatic amines is 1. The number of halogens is 1. The fraction of sp³-hybridized carbons (Fsp3) is 0.556. The fourth-order valence-corrected chi connectivity index (χ4v) is 1.26. The first-order valence-corrected chi connectivity index (χ1v) is 5.41. The van der Waals surface area contributed by atoms with Gasteiger partial charge in [-0.2, -0.15) is 5.10 Å². The Labute approximate surface area is 91.8 Å². The van der Waals surface area contributed by atoms with Gasteiger partial charge in [-0.15, -0.1) is 0 Å². The number of nitrogens with zero attached hydrogens (tertiary/aromatic N) is 2. The van der Waals surface area contributed by atoms with Crippen LogP contribution in [0.3, 0.4) is 0 Å². The molecule has 1 atom stereocenters. The second-order valence-electron chi connectivity index (χ2n) is 3.27. The highest BCUT2D eigenvalue weighted by atomic mass is 79.9.